The first-order valence-electron chi connectivity index (χ1n) is 5.46. The first-order valence-corrected chi connectivity index (χ1v) is 7.32. The predicted octanol–water partition coefficient (Wildman–Crippen LogP) is 2.25. The molecule has 0 unspecified atom stereocenters. The maximum atomic E-state index is 10.5. The Morgan fingerprint density at radius 1 is 1.40 bits per heavy atom. The summed E-state index contributed by atoms with van der Waals surface area (Å²) in [6.07, 6.45) is 0. The number of nitro benzene ring substituents is 1. The maximum absolute atomic E-state index is 10.5. The molecule has 0 amide bonds. The maximum Gasteiger partial charge on any atom is 0.269 e. The van der Waals surface area contributed by atoms with E-state index in [1.807, 2.05) is 5.38 Å². The van der Waals surface area contributed by atoms with E-state index < -0.39 is 4.92 Å². The van der Waals surface area contributed by atoms with Crippen molar-refractivity contribution in [3.05, 3.63) is 45.5 Å². The molecule has 20 heavy (non-hydrogen) atoms. The fourth-order valence-corrected chi connectivity index (χ4v) is 2.95. The van der Waals surface area contributed by atoms with E-state index in [2.05, 4.69) is 9.98 Å². The molecule has 0 aliphatic carbocycles. The highest BCUT2D eigenvalue weighted by atomic mass is 32.2. The zero-order valence-corrected chi connectivity index (χ0v) is 11.9. The lowest BCUT2D eigenvalue weighted by Crippen LogP contribution is -2.21. The standard InChI is InChI=1S/C11H11N5O2S2/c12-10(13)15-11-14-7(6-20-11)5-19-9-3-1-8(2-4-9)16(17)18/h1-4,6H,5H2,(H4,12,13,14,15). The Labute approximate surface area is 122 Å². The summed E-state index contributed by atoms with van der Waals surface area (Å²) in [7, 11) is 0. The van der Waals surface area contributed by atoms with Crippen LogP contribution in [0.25, 0.3) is 0 Å². The SMILES string of the molecule is NC(N)=Nc1nc(CSc2ccc([N+](=O)[O-])cc2)cs1. The third kappa shape index (κ3) is 3.93. The number of aliphatic imine (C=N–C) groups is 1. The number of rotatable bonds is 5. The summed E-state index contributed by atoms with van der Waals surface area (Å²) in [5, 5.41) is 12.9. The van der Waals surface area contributed by atoms with Crippen molar-refractivity contribution in [2.75, 3.05) is 0 Å². The minimum Gasteiger partial charge on any atom is -0.370 e. The fraction of sp³-hybridized carbons (Fsp3) is 0.0909. The number of nitro groups is 1. The van der Waals surface area contributed by atoms with Crippen LogP contribution < -0.4 is 11.5 Å². The second-order valence-corrected chi connectivity index (χ2v) is 5.58. The molecule has 1 aromatic heterocycles. The van der Waals surface area contributed by atoms with Gasteiger partial charge in [0.15, 0.2) is 5.96 Å². The van der Waals surface area contributed by atoms with Crippen LogP contribution in [-0.2, 0) is 5.75 Å². The van der Waals surface area contributed by atoms with Gasteiger partial charge in [-0.3, -0.25) is 10.1 Å². The molecule has 0 radical (unpaired) electrons. The number of benzene rings is 1. The highest BCUT2D eigenvalue weighted by Crippen LogP contribution is 2.27. The zero-order chi connectivity index (χ0) is 14.5. The smallest absolute Gasteiger partial charge is 0.269 e. The number of thioether (sulfide) groups is 1. The molecule has 1 aromatic carbocycles. The molecule has 0 aliphatic heterocycles. The van der Waals surface area contributed by atoms with Crippen molar-refractivity contribution < 1.29 is 4.92 Å². The lowest BCUT2D eigenvalue weighted by atomic mass is 10.3. The largest absolute Gasteiger partial charge is 0.370 e. The number of nitrogens with zero attached hydrogens (tertiary/aromatic N) is 3. The van der Waals surface area contributed by atoms with E-state index in [9.17, 15) is 10.1 Å². The van der Waals surface area contributed by atoms with Crippen LogP contribution in [0.4, 0.5) is 10.8 Å². The monoisotopic (exact) mass is 309 g/mol. The molecule has 7 nitrogen and oxygen atoms in total. The van der Waals surface area contributed by atoms with Crippen molar-refractivity contribution in [2.24, 2.45) is 16.5 Å². The topological polar surface area (TPSA) is 120 Å². The molecule has 0 spiro atoms. The van der Waals surface area contributed by atoms with Gasteiger partial charge in [-0.1, -0.05) is 0 Å². The van der Waals surface area contributed by atoms with Crippen LogP contribution in [0.1, 0.15) is 5.69 Å². The Morgan fingerprint density at radius 3 is 2.70 bits per heavy atom. The fourth-order valence-electron chi connectivity index (χ4n) is 1.35. The molecule has 0 bridgehead atoms. The van der Waals surface area contributed by atoms with Gasteiger partial charge in [-0.15, -0.1) is 23.1 Å². The average molecular weight is 309 g/mol. The van der Waals surface area contributed by atoms with E-state index in [1.54, 1.807) is 12.1 Å². The van der Waals surface area contributed by atoms with E-state index >= 15 is 0 Å². The highest BCUT2D eigenvalue weighted by molar-refractivity contribution is 7.98. The lowest BCUT2D eigenvalue weighted by molar-refractivity contribution is -0.384. The lowest BCUT2D eigenvalue weighted by Gasteiger charge is -1.98. The van der Waals surface area contributed by atoms with Gasteiger partial charge in [0.25, 0.3) is 5.69 Å². The Kier molecular flexibility index (Phi) is 4.53. The van der Waals surface area contributed by atoms with E-state index in [0.29, 0.717) is 10.9 Å². The second kappa shape index (κ2) is 6.35. The minimum absolute atomic E-state index is 0.0195. The van der Waals surface area contributed by atoms with E-state index in [0.717, 1.165) is 10.6 Å². The summed E-state index contributed by atoms with van der Waals surface area (Å²) < 4.78 is 0. The van der Waals surface area contributed by atoms with Gasteiger partial charge in [-0.2, -0.15) is 4.99 Å². The number of hydrogen-bond acceptors (Lipinski definition) is 6. The molecule has 0 atom stereocenters. The average Bonchev–Trinajstić information content (AvgIpc) is 2.83. The Balaban J connectivity index is 1.96. The summed E-state index contributed by atoms with van der Waals surface area (Å²) in [4.78, 5) is 19.2. The third-order valence-electron chi connectivity index (χ3n) is 2.20. The van der Waals surface area contributed by atoms with Gasteiger partial charge < -0.3 is 11.5 Å². The van der Waals surface area contributed by atoms with Gasteiger partial charge in [0.2, 0.25) is 5.13 Å². The van der Waals surface area contributed by atoms with Crippen molar-refractivity contribution in [3.8, 4) is 0 Å². The van der Waals surface area contributed by atoms with Crippen LogP contribution in [0.2, 0.25) is 0 Å². The molecule has 0 fully saturated rings. The molecule has 0 saturated carbocycles. The van der Waals surface area contributed by atoms with Crippen molar-refractivity contribution in [1.82, 2.24) is 4.98 Å². The summed E-state index contributed by atoms with van der Waals surface area (Å²) in [6, 6.07) is 6.39. The summed E-state index contributed by atoms with van der Waals surface area (Å²) in [5.74, 6) is 0.628. The van der Waals surface area contributed by atoms with Gasteiger partial charge in [-0.05, 0) is 12.1 Å². The zero-order valence-electron chi connectivity index (χ0n) is 10.2. The molecule has 2 aromatic rings. The summed E-state index contributed by atoms with van der Waals surface area (Å²) in [6.45, 7) is 0. The van der Waals surface area contributed by atoms with Crippen LogP contribution in [-0.4, -0.2) is 15.9 Å². The summed E-state index contributed by atoms with van der Waals surface area (Å²) >= 11 is 2.89. The van der Waals surface area contributed by atoms with Crippen molar-refractivity contribution in [2.45, 2.75) is 10.6 Å². The molecular formula is C11H11N5O2S2. The quantitative estimate of drug-likeness (QED) is 0.287. The number of non-ortho nitro benzene ring substituents is 1. The number of nitrogens with two attached hydrogens (primary N) is 2. The minimum atomic E-state index is -0.420. The van der Waals surface area contributed by atoms with Gasteiger partial charge in [0.1, 0.15) is 0 Å². The number of aromatic nitrogens is 1. The van der Waals surface area contributed by atoms with Gasteiger partial charge >= 0.3 is 0 Å². The molecule has 0 aliphatic rings. The number of guanidine groups is 1. The van der Waals surface area contributed by atoms with Crippen molar-refractivity contribution in [1.29, 1.82) is 0 Å². The van der Waals surface area contributed by atoms with E-state index in [4.69, 9.17) is 11.5 Å². The highest BCUT2D eigenvalue weighted by Gasteiger charge is 2.06. The predicted molar refractivity (Wildman–Crippen MR) is 80.2 cm³/mol. The molecule has 1 heterocycles. The molecular weight excluding hydrogens is 298 g/mol. The van der Waals surface area contributed by atoms with Crippen LogP contribution >= 0.6 is 23.1 Å². The molecule has 9 heteroatoms. The first-order chi connectivity index (χ1) is 9.54. The Hall–Kier alpha value is -2.13. The van der Waals surface area contributed by atoms with E-state index in [1.165, 1.54) is 35.2 Å². The molecule has 2 rings (SSSR count). The van der Waals surface area contributed by atoms with Gasteiger partial charge in [0, 0.05) is 28.2 Å². The number of hydrogen-bond donors (Lipinski definition) is 2. The molecule has 0 saturated heterocycles. The molecule has 104 valence electrons. The van der Waals surface area contributed by atoms with Crippen molar-refractivity contribution in [3.63, 3.8) is 0 Å². The van der Waals surface area contributed by atoms with Crippen LogP contribution in [0.3, 0.4) is 0 Å². The van der Waals surface area contributed by atoms with Crippen LogP contribution in [0.5, 0.6) is 0 Å². The summed E-state index contributed by atoms with van der Waals surface area (Å²) in [5.41, 5.74) is 11.5. The normalized spacial score (nSPS) is 10.2. The third-order valence-corrected chi connectivity index (χ3v) is 4.03. The van der Waals surface area contributed by atoms with Gasteiger partial charge in [-0.25, -0.2) is 4.98 Å². The van der Waals surface area contributed by atoms with Crippen LogP contribution in [0, 0.1) is 10.1 Å². The Bertz CT molecular complexity index is 635. The molecule has 4 N–H and O–H groups in total. The van der Waals surface area contributed by atoms with Crippen LogP contribution in [0.15, 0.2) is 39.5 Å². The van der Waals surface area contributed by atoms with E-state index in [-0.39, 0.29) is 11.6 Å². The Morgan fingerprint density at radius 2 is 2.10 bits per heavy atom. The number of thiazole rings is 1. The van der Waals surface area contributed by atoms with Crippen molar-refractivity contribution >= 4 is 39.9 Å². The second-order valence-electron chi connectivity index (χ2n) is 3.70. The first kappa shape index (κ1) is 14.3. The van der Waals surface area contributed by atoms with Gasteiger partial charge in [0.05, 0.1) is 10.6 Å².